The number of thiophene rings is 1. The number of imidazole rings is 1. The van der Waals surface area contributed by atoms with E-state index < -0.39 is 5.97 Å². The number of aryl methyl sites for hydroxylation is 2. The third kappa shape index (κ3) is 3.88. The maximum Gasteiger partial charge on any atom is 0.308 e. The second-order valence-corrected chi connectivity index (χ2v) is 10.4. The molecule has 4 aromatic heterocycles. The van der Waals surface area contributed by atoms with Crippen LogP contribution in [-0.4, -0.2) is 40.6 Å². The van der Waals surface area contributed by atoms with Gasteiger partial charge < -0.3 is 14.7 Å². The molecule has 0 unspecified atom stereocenters. The highest BCUT2D eigenvalue weighted by atomic mass is 35.5. The molecule has 0 aliphatic carbocycles. The molecule has 5 heterocycles. The number of aromatic nitrogens is 6. The summed E-state index contributed by atoms with van der Waals surface area (Å²) >= 11 is 7.84. The Balaban J connectivity index is 1.36. The molecule has 5 aromatic rings. The number of hydrogen-bond acceptors (Lipinski definition) is 5. The SMILES string of the molecule is Cc1ccc(-n2cn[nH]2)c(-c2cc3n(c(=O)c2)[C@H](c2nc(-c4ccc(CC(=O)O)s4)c(Cl)[nH]2)CC3)c1. The molecule has 0 fully saturated rings. The highest BCUT2D eigenvalue weighted by Crippen LogP contribution is 2.37. The average molecular weight is 521 g/mol. The molecule has 0 saturated carbocycles. The number of carboxylic acids is 1. The van der Waals surface area contributed by atoms with Crippen LogP contribution in [0.2, 0.25) is 5.15 Å². The molecule has 0 saturated heterocycles. The third-order valence-corrected chi connectivity index (χ3v) is 7.77. The molecule has 3 N–H and O–H groups in total. The summed E-state index contributed by atoms with van der Waals surface area (Å²) in [4.78, 5) is 33.8. The average Bonchev–Trinajstić information content (AvgIpc) is 3.51. The van der Waals surface area contributed by atoms with Crippen molar-refractivity contribution in [1.82, 2.24) is 29.5 Å². The zero-order valence-electron chi connectivity index (χ0n) is 19.2. The van der Waals surface area contributed by atoms with Gasteiger partial charge in [0.1, 0.15) is 23.0 Å². The van der Waals surface area contributed by atoms with Gasteiger partial charge in [0.2, 0.25) is 0 Å². The first-order valence-electron chi connectivity index (χ1n) is 11.4. The van der Waals surface area contributed by atoms with Crippen molar-refractivity contribution in [3.8, 4) is 27.4 Å². The summed E-state index contributed by atoms with van der Waals surface area (Å²) in [5.74, 6) is -0.264. The predicted octanol–water partition coefficient (Wildman–Crippen LogP) is 4.61. The van der Waals surface area contributed by atoms with E-state index in [0.717, 1.165) is 50.7 Å². The van der Waals surface area contributed by atoms with E-state index in [-0.39, 0.29) is 18.0 Å². The topological polar surface area (TPSA) is 122 Å². The molecule has 1 atom stereocenters. The van der Waals surface area contributed by atoms with Crippen molar-refractivity contribution >= 4 is 28.9 Å². The minimum Gasteiger partial charge on any atom is -0.481 e. The van der Waals surface area contributed by atoms with Crippen LogP contribution in [-0.2, 0) is 17.6 Å². The molecule has 36 heavy (non-hydrogen) atoms. The lowest BCUT2D eigenvalue weighted by Crippen LogP contribution is -2.24. The normalized spacial score (nSPS) is 14.9. The number of H-pyrrole nitrogens is 2. The monoisotopic (exact) mass is 520 g/mol. The Morgan fingerprint density at radius 1 is 1.25 bits per heavy atom. The second-order valence-electron chi connectivity index (χ2n) is 8.85. The number of halogens is 1. The van der Waals surface area contributed by atoms with E-state index in [1.54, 1.807) is 23.0 Å². The van der Waals surface area contributed by atoms with E-state index in [1.165, 1.54) is 11.3 Å². The molecule has 1 aromatic carbocycles. The zero-order valence-corrected chi connectivity index (χ0v) is 20.7. The van der Waals surface area contributed by atoms with E-state index in [9.17, 15) is 9.59 Å². The van der Waals surface area contributed by atoms with Gasteiger partial charge in [-0.15, -0.1) is 16.4 Å². The summed E-state index contributed by atoms with van der Waals surface area (Å²) < 4.78 is 3.60. The maximum atomic E-state index is 13.4. The maximum absolute atomic E-state index is 13.4. The van der Waals surface area contributed by atoms with E-state index >= 15 is 0 Å². The molecule has 9 nitrogen and oxygen atoms in total. The first-order valence-corrected chi connectivity index (χ1v) is 12.6. The number of aliphatic carboxylic acids is 1. The lowest BCUT2D eigenvalue weighted by atomic mass is 10.0. The van der Waals surface area contributed by atoms with Gasteiger partial charge >= 0.3 is 5.97 Å². The summed E-state index contributed by atoms with van der Waals surface area (Å²) in [6.07, 6.45) is 3.10. The van der Waals surface area contributed by atoms with Gasteiger partial charge in [-0.25, -0.2) is 14.9 Å². The summed E-state index contributed by atoms with van der Waals surface area (Å²) in [6, 6.07) is 13.2. The van der Waals surface area contributed by atoms with Crippen LogP contribution in [0.25, 0.3) is 27.4 Å². The molecule has 182 valence electrons. The zero-order chi connectivity index (χ0) is 25.0. The first-order chi connectivity index (χ1) is 17.4. The van der Waals surface area contributed by atoms with Crippen LogP contribution in [0.15, 0.2) is 53.6 Å². The van der Waals surface area contributed by atoms with Crippen LogP contribution >= 0.6 is 22.9 Å². The smallest absolute Gasteiger partial charge is 0.308 e. The minimum atomic E-state index is -0.884. The summed E-state index contributed by atoms with van der Waals surface area (Å²) in [7, 11) is 0. The standard InChI is InChI=1S/C25H21ClN6O3S/c1-13-2-5-18(31-12-27-30-31)17(8-13)14-9-15-3-6-19(32(15)21(33)10-14)25-28-23(24(26)29-25)20-7-4-16(36-20)11-22(34)35/h2,4-5,7-10,12,19,30H,3,6,11H2,1H3,(H,28,29)(H,34,35)/t19-/m0/s1. The Morgan fingerprint density at radius 3 is 2.83 bits per heavy atom. The van der Waals surface area contributed by atoms with Crippen molar-refractivity contribution in [1.29, 1.82) is 0 Å². The van der Waals surface area contributed by atoms with Gasteiger partial charge in [0, 0.05) is 22.2 Å². The van der Waals surface area contributed by atoms with Crippen molar-refractivity contribution < 1.29 is 9.90 Å². The van der Waals surface area contributed by atoms with Crippen LogP contribution in [0.1, 0.15) is 34.4 Å². The molecular formula is C25H21ClN6O3S. The lowest BCUT2D eigenvalue weighted by Gasteiger charge is -2.16. The summed E-state index contributed by atoms with van der Waals surface area (Å²) in [6.45, 7) is 2.03. The van der Waals surface area contributed by atoms with Crippen LogP contribution in [0.3, 0.4) is 0 Å². The Kier molecular flexibility index (Phi) is 5.42. The fourth-order valence-electron chi connectivity index (χ4n) is 4.77. The van der Waals surface area contributed by atoms with Gasteiger partial charge in [0.15, 0.2) is 0 Å². The quantitative estimate of drug-likeness (QED) is 0.302. The van der Waals surface area contributed by atoms with Gasteiger partial charge in [-0.3, -0.25) is 9.59 Å². The highest BCUT2D eigenvalue weighted by molar-refractivity contribution is 7.15. The molecule has 1 aliphatic heterocycles. The van der Waals surface area contributed by atoms with E-state index in [4.69, 9.17) is 21.7 Å². The number of benzene rings is 1. The summed E-state index contributed by atoms with van der Waals surface area (Å²) in [5.41, 5.74) is 5.24. The number of nitrogens with one attached hydrogen (secondary N) is 2. The van der Waals surface area contributed by atoms with E-state index in [2.05, 4.69) is 27.4 Å². The largest absolute Gasteiger partial charge is 0.481 e. The Morgan fingerprint density at radius 2 is 2.08 bits per heavy atom. The molecule has 11 heteroatoms. The number of carbonyl (C=O) groups is 1. The number of carboxylic acid groups (broad SMARTS) is 1. The predicted molar refractivity (Wildman–Crippen MR) is 137 cm³/mol. The number of rotatable bonds is 6. The van der Waals surface area contributed by atoms with Crippen LogP contribution in [0, 0.1) is 6.92 Å². The number of fused-ring (bicyclic) bond motifs is 1. The fraction of sp³-hybridized carbons (Fsp3) is 0.200. The van der Waals surface area contributed by atoms with Gasteiger partial charge in [-0.2, -0.15) is 0 Å². The van der Waals surface area contributed by atoms with Crippen molar-refractivity contribution in [3.63, 3.8) is 0 Å². The van der Waals surface area contributed by atoms with Crippen LogP contribution in [0.5, 0.6) is 0 Å². The molecule has 0 bridgehead atoms. The highest BCUT2D eigenvalue weighted by Gasteiger charge is 2.29. The second kappa shape index (κ2) is 8.65. The molecular weight excluding hydrogens is 500 g/mol. The first kappa shape index (κ1) is 22.6. The van der Waals surface area contributed by atoms with Crippen LogP contribution < -0.4 is 5.56 Å². The number of nitrogens with zero attached hydrogens (tertiary/aromatic N) is 4. The molecule has 6 rings (SSSR count). The number of hydrogen-bond donors (Lipinski definition) is 3. The van der Waals surface area contributed by atoms with Gasteiger partial charge in [-0.1, -0.05) is 23.2 Å². The van der Waals surface area contributed by atoms with Gasteiger partial charge in [0.05, 0.1) is 23.0 Å². The van der Waals surface area contributed by atoms with Gasteiger partial charge in [0.25, 0.3) is 5.56 Å². The van der Waals surface area contributed by atoms with E-state index in [1.807, 2.05) is 29.8 Å². The fourth-order valence-corrected chi connectivity index (χ4v) is 6.06. The molecule has 0 amide bonds. The van der Waals surface area contributed by atoms with Crippen molar-refractivity contribution in [3.05, 3.63) is 86.3 Å². The Labute approximate surface area is 214 Å². The van der Waals surface area contributed by atoms with Crippen molar-refractivity contribution in [2.45, 2.75) is 32.2 Å². The van der Waals surface area contributed by atoms with Crippen molar-refractivity contribution in [2.24, 2.45) is 0 Å². The van der Waals surface area contributed by atoms with Gasteiger partial charge in [-0.05, 0) is 55.7 Å². The van der Waals surface area contributed by atoms with Crippen LogP contribution in [0.4, 0.5) is 0 Å². The Bertz CT molecular complexity index is 1660. The molecule has 1 aliphatic rings. The third-order valence-electron chi connectivity index (χ3n) is 6.41. The van der Waals surface area contributed by atoms with Crippen molar-refractivity contribution in [2.75, 3.05) is 0 Å². The number of pyridine rings is 1. The van der Waals surface area contributed by atoms with E-state index in [0.29, 0.717) is 16.7 Å². The number of aromatic amines is 2. The lowest BCUT2D eigenvalue weighted by molar-refractivity contribution is -0.136. The molecule has 0 spiro atoms. The Hall–Kier alpha value is -3.89. The summed E-state index contributed by atoms with van der Waals surface area (Å²) in [5, 5.41) is 16.2. The molecule has 0 radical (unpaired) electrons. The minimum absolute atomic E-state index is 0.0451.